The number of ether oxygens (including phenoxy) is 1. The Morgan fingerprint density at radius 1 is 1.15 bits per heavy atom. The van der Waals surface area contributed by atoms with Gasteiger partial charge in [0.05, 0.1) is 18.0 Å². The fourth-order valence-corrected chi connectivity index (χ4v) is 3.94. The van der Waals surface area contributed by atoms with Crippen molar-refractivity contribution in [2.24, 2.45) is 0 Å². The van der Waals surface area contributed by atoms with E-state index in [0.29, 0.717) is 11.4 Å². The third-order valence-corrected chi connectivity index (χ3v) is 5.53. The van der Waals surface area contributed by atoms with E-state index in [1.165, 1.54) is 4.31 Å². The predicted molar refractivity (Wildman–Crippen MR) is 101 cm³/mol. The molecule has 6 nitrogen and oxygen atoms in total. The first kappa shape index (κ1) is 18.3. The lowest BCUT2D eigenvalue weighted by Gasteiger charge is -2.20. The molecule has 2 atom stereocenters. The zero-order valence-corrected chi connectivity index (χ0v) is 15.6. The molecule has 0 bridgehead atoms. The molecule has 1 heterocycles. The van der Waals surface area contributed by atoms with Crippen molar-refractivity contribution < 1.29 is 17.9 Å². The maximum absolute atomic E-state index is 12.7. The number of nitrogens with one attached hydrogen (secondary N) is 1. The SMILES string of the molecule is C[C@@H](NC(=O)[C@H]1CCN(S(C)(=O)=O)c2ccccc2O1)c1ccccc1. The van der Waals surface area contributed by atoms with Crippen LogP contribution < -0.4 is 14.4 Å². The zero-order chi connectivity index (χ0) is 18.7. The monoisotopic (exact) mass is 374 g/mol. The highest BCUT2D eigenvalue weighted by molar-refractivity contribution is 7.92. The first-order valence-corrected chi connectivity index (χ1v) is 10.3. The van der Waals surface area contributed by atoms with Crippen LogP contribution in [-0.2, 0) is 14.8 Å². The van der Waals surface area contributed by atoms with Gasteiger partial charge in [-0.2, -0.15) is 0 Å². The van der Waals surface area contributed by atoms with Gasteiger partial charge in [0, 0.05) is 13.0 Å². The minimum absolute atomic E-state index is 0.170. The first-order valence-electron chi connectivity index (χ1n) is 8.45. The number of sulfonamides is 1. The first-order chi connectivity index (χ1) is 12.4. The Kier molecular flexibility index (Phi) is 5.18. The average molecular weight is 374 g/mol. The van der Waals surface area contributed by atoms with Gasteiger partial charge in [0.25, 0.3) is 5.91 Å². The van der Waals surface area contributed by atoms with Gasteiger partial charge in [-0.15, -0.1) is 0 Å². The smallest absolute Gasteiger partial charge is 0.261 e. The van der Waals surface area contributed by atoms with Crippen LogP contribution in [0.4, 0.5) is 5.69 Å². The molecule has 1 aliphatic heterocycles. The number of rotatable bonds is 4. The Morgan fingerprint density at radius 2 is 1.81 bits per heavy atom. The summed E-state index contributed by atoms with van der Waals surface area (Å²) in [5.74, 6) is 0.134. The van der Waals surface area contributed by atoms with E-state index in [2.05, 4.69) is 5.32 Å². The van der Waals surface area contributed by atoms with Crippen molar-refractivity contribution in [3.05, 3.63) is 60.2 Å². The second kappa shape index (κ2) is 7.37. The standard InChI is InChI=1S/C19H22N2O4S/c1-14(15-8-4-3-5-9-15)20-19(22)18-12-13-21(26(2,23)24)16-10-6-7-11-17(16)25-18/h3-11,14,18H,12-13H2,1-2H3,(H,20,22)/t14-,18-/m1/s1. The summed E-state index contributed by atoms with van der Waals surface area (Å²) in [5.41, 5.74) is 1.45. The summed E-state index contributed by atoms with van der Waals surface area (Å²) < 4.78 is 31.4. The molecule has 0 aromatic heterocycles. The quantitative estimate of drug-likeness (QED) is 0.892. The van der Waals surface area contributed by atoms with Crippen LogP contribution in [0, 0.1) is 0 Å². The number of carbonyl (C=O) groups excluding carboxylic acids is 1. The van der Waals surface area contributed by atoms with Crippen LogP contribution in [0.2, 0.25) is 0 Å². The molecule has 0 aliphatic carbocycles. The molecule has 0 unspecified atom stereocenters. The molecule has 0 spiro atoms. The highest BCUT2D eigenvalue weighted by atomic mass is 32.2. The molecule has 2 aromatic carbocycles. The van der Waals surface area contributed by atoms with E-state index < -0.39 is 16.1 Å². The van der Waals surface area contributed by atoms with Gasteiger partial charge in [-0.05, 0) is 24.6 Å². The molecular weight excluding hydrogens is 352 g/mol. The molecule has 0 fully saturated rings. The highest BCUT2D eigenvalue weighted by Crippen LogP contribution is 2.33. The molecular formula is C19H22N2O4S. The topological polar surface area (TPSA) is 75.7 Å². The summed E-state index contributed by atoms with van der Waals surface area (Å²) in [6.45, 7) is 2.09. The van der Waals surface area contributed by atoms with Crippen LogP contribution in [-0.4, -0.2) is 33.2 Å². The van der Waals surface area contributed by atoms with E-state index in [0.717, 1.165) is 11.8 Å². The second-order valence-corrected chi connectivity index (χ2v) is 8.25. The number of nitrogens with zero attached hydrogens (tertiary/aromatic N) is 1. The van der Waals surface area contributed by atoms with Gasteiger partial charge in [-0.25, -0.2) is 8.42 Å². The molecule has 0 saturated heterocycles. The van der Waals surface area contributed by atoms with Crippen LogP contribution in [0.15, 0.2) is 54.6 Å². The van der Waals surface area contributed by atoms with Gasteiger partial charge in [-0.1, -0.05) is 42.5 Å². The zero-order valence-electron chi connectivity index (χ0n) is 14.8. The van der Waals surface area contributed by atoms with Gasteiger partial charge < -0.3 is 10.1 Å². The molecule has 0 radical (unpaired) electrons. The summed E-state index contributed by atoms with van der Waals surface area (Å²) in [6.07, 6.45) is 0.672. The van der Waals surface area contributed by atoms with Gasteiger partial charge in [-0.3, -0.25) is 9.10 Å². The maximum Gasteiger partial charge on any atom is 0.261 e. The van der Waals surface area contributed by atoms with E-state index in [1.54, 1.807) is 24.3 Å². The lowest BCUT2D eigenvalue weighted by atomic mass is 10.1. The second-order valence-electron chi connectivity index (χ2n) is 6.34. The van der Waals surface area contributed by atoms with Crippen LogP contribution in [0.3, 0.4) is 0 Å². The van der Waals surface area contributed by atoms with Crippen molar-refractivity contribution in [2.45, 2.75) is 25.5 Å². The van der Waals surface area contributed by atoms with Gasteiger partial charge >= 0.3 is 0 Å². The van der Waals surface area contributed by atoms with Gasteiger partial charge in [0.1, 0.15) is 5.75 Å². The van der Waals surface area contributed by atoms with Crippen molar-refractivity contribution in [3.63, 3.8) is 0 Å². The van der Waals surface area contributed by atoms with Crippen LogP contribution >= 0.6 is 0 Å². The Hall–Kier alpha value is -2.54. The van der Waals surface area contributed by atoms with Gasteiger partial charge in [0.15, 0.2) is 6.10 Å². The maximum atomic E-state index is 12.7. The number of benzene rings is 2. The van der Waals surface area contributed by atoms with E-state index in [9.17, 15) is 13.2 Å². The van der Waals surface area contributed by atoms with Gasteiger partial charge in [0.2, 0.25) is 10.0 Å². The summed E-state index contributed by atoms with van der Waals surface area (Å²) in [7, 11) is -3.46. The minimum atomic E-state index is -3.46. The normalized spacial score (nSPS) is 18.2. The lowest BCUT2D eigenvalue weighted by molar-refractivity contribution is -0.128. The minimum Gasteiger partial charge on any atom is -0.478 e. The summed E-state index contributed by atoms with van der Waals surface area (Å²) in [6, 6.07) is 16.3. The number of para-hydroxylation sites is 2. The number of carbonyl (C=O) groups is 1. The predicted octanol–water partition coefficient (Wildman–Crippen LogP) is 2.48. The Labute approximate surface area is 153 Å². The molecule has 2 aromatic rings. The Morgan fingerprint density at radius 3 is 2.50 bits per heavy atom. The molecule has 3 rings (SSSR count). The van der Waals surface area contributed by atoms with Crippen LogP contribution in [0.1, 0.15) is 24.9 Å². The molecule has 1 amide bonds. The average Bonchev–Trinajstić information content (AvgIpc) is 2.82. The summed E-state index contributed by atoms with van der Waals surface area (Å²) >= 11 is 0. The van der Waals surface area contributed by atoms with Crippen LogP contribution in [0.25, 0.3) is 0 Å². The highest BCUT2D eigenvalue weighted by Gasteiger charge is 2.31. The third kappa shape index (κ3) is 3.99. The number of hydrogen-bond acceptors (Lipinski definition) is 4. The van der Waals surface area contributed by atoms with E-state index in [4.69, 9.17) is 4.74 Å². The number of fused-ring (bicyclic) bond motifs is 1. The number of amides is 1. The number of anilines is 1. The summed E-state index contributed by atoms with van der Waals surface area (Å²) in [4.78, 5) is 12.7. The third-order valence-electron chi connectivity index (χ3n) is 4.35. The molecule has 1 aliphatic rings. The van der Waals surface area contributed by atoms with E-state index in [1.807, 2.05) is 37.3 Å². The number of hydrogen-bond donors (Lipinski definition) is 1. The molecule has 0 saturated carbocycles. The van der Waals surface area contributed by atoms with E-state index in [-0.39, 0.29) is 24.9 Å². The Balaban J connectivity index is 1.79. The molecule has 138 valence electrons. The fourth-order valence-electron chi connectivity index (χ4n) is 2.99. The van der Waals surface area contributed by atoms with E-state index >= 15 is 0 Å². The van der Waals surface area contributed by atoms with Crippen molar-refractivity contribution in [2.75, 3.05) is 17.1 Å². The lowest BCUT2D eigenvalue weighted by Crippen LogP contribution is -2.40. The van der Waals surface area contributed by atoms with Crippen LogP contribution in [0.5, 0.6) is 5.75 Å². The fraction of sp³-hybridized carbons (Fsp3) is 0.316. The molecule has 7 heteroatoms. The molecule has 1 N–H and O–H groups in total. The largest absolute Gasteiger partial charge is 0.478 e. The Bertz CT molecular complexity index is 883. The van der Waals surface area contributed by atoms with Crippen molar-refractivity contribution in [3.8, 4) is 5.75 Å². The van der Waals surface area contributed by atoms with Crippen molar-refractivity contribution >= 4 is 21.6 Å². The van der Waals surface area contributed by atoms with Crippen molar-refractivity contribution in [1.82, 2.24) is 5.32 Å². The van der Waals surface area contributed by atoms with Crippen molar-refractivity contribution in [1.29, 1.82) is 0 Å². The summed E-state index contributed by atoms with van der Waals surface area (Å²) in [5, 5.41) is 2.95. The molecule has 26 heavy (non-hydrogen) atoms.